The van der Waals surface area contributed by atoms with Crippen molar-refractivity contribution >= 4 is 19.2 Å². The van der Waals surface area contributed by atoms with Crippen LogP contribution in [0.5, 0.6) is 0 Å². The average molecular weight is 264 g/mol. The highest BCUT2D eigenvalue weighted by Crippen LogP contribution is 2.20. The van der Waals surface area contributed by atoms with Gasteiger partial charge in [-0.3, -0.25) is 0 Å². The van der Waals surface area contributed by atoms with Crippen LogP contribution in [0.4, 0.5) is 0 Å². The second-order valence-corrected chi connectivity index (χ2v) is 9.90. The first-order valence-corrected chi connectivity index (χ1v) is 9.53. The Balaban J connectivity index is 2.97. The molecular formula is C15H24O2Si. The molecule has 100 valence electrons. The maximum Gasteiger partial charge on any atom is 0.338 e. The number of carbonyl (C=O) groups is 1. The Morgan fingerprint density at radius 2 is 1.50 bits per heavy atom. The van der Waals surface area contributed by atoms with Gasteiger partial charge in [0.25, 0.3) is 0 Å². The van der Waals surface area contributed by atoms with Crippen molar-refractivity contribution < 1.29 is 9.53 Å². The lowest BCUT2D eigenvalue weighted by molar-refractivity contribution is 0.0526. The van der Waals surface area contributed by atoms with Crippen LogP contribution >= 0.6 is 0 Å². The summed E-state index contributed by atoms with van der Waals surface area (Å²) in [5.74, 6) is -0.221. The van der Waals surface area contributed by atoms with Crippen LogP contribution in [0.15, 0.2) is 24.3 Å². The Morgan fingerprint density at radius 1 is 1.00 bits per heavy atom. The molecule has 0 bridgehead atoms. The van der Waals surface area contributed by atoms with Crippen molar-refractivity contribution in [3.05, 3.63) is 29.8 Å². The van der Waals surface area contributed by atoms with Crippen molar-refractivity contribution in [1.82, 2.24) is 0 Å². The first kappa shape index (κ1) is 15.0. The van der Waals surface area contributed by atoms with E-state index in [1.807, 2.05) is 19.1 Å². The van der Waals surface area contributed by atoms with E-state index in [-0.39, 0.29) is 5.97 Å². The average Bonchev–Trinajstić information content (AvgIpc) is 2.42. The maximum atomic E-state index is 11.6. The molecule has 0 aliphatic heterocycles. The van der Waals surface area contributed by atoms with Gasteiger partial charge in [-0.05, 0) is 19.1 Å². The molecule has 0 aliphatic carbocycles. The summed E-state index contributed by atoms with van der Waals surface area (Å²) in [5.41, 5.74) is 0.659. The minimum Gasteiger partial charge on any atom is -0.462 e. The van der Waals surface area contributed by atoms with Crippen molar-refractivity contribution in [2.75, 3.05) is 6.61 Å². The number of carbonyl (C=O) groups excluding carboxylic acids is 1. The van der Waals surface area contributed by atoms with Gasteiger partial charge in [-0.25, -0.2) is 4.79 Å². The van der Waals surface area contributed by atoms with E-state index >= 15 is 0 Å². The van der Waals surface area contributed by atoms with Crippen molar-refractivity contribution in [1.29, 1.82) is 0 Å². The zero-order valence-corrected chi connectivity index (χ0v) is 13.0. The Kier molecular flexibility index (Phi) is 5.60. The molecule has 0 amide bonds. The summed E-state index contributed by atoms with van der Waals surface area (Å²) >= 11 is 0. The van der Waals surface area contributed by atoms with Crippen LogP contribution in [0, 0.1) is 0 Å². The third kappa shape index (κ3) is 3.02. The van der Waals surface area contributed by atoms with Crippen molar-refractivity contribution in [2.45, 2.75) is 45.8 Å². The Hall–Kier alpha value is -1.09. The first-order chi connectivity index (χ1) is 8.63. The fourth-order valence-electron chi connectivity index (χ4n) is 2.54. The van der Waals surface area contributed by atoms with Crippen LogP contribution in [0.3, 0.4) is 0 Å². The summed E-state index contributed by atoms with van der Waals surface area (Å²) < 4.78 is 5.00. The summed E-state index contributed by atoms with van der Waals surface area (Å²) in [6, 6.07) is 11.9. The van der Waals surface area contributed by atoms with Gasteiger partial charge in [-0.1, -0.05) is 56.2 Å². The summed E-state index contributed by atoms with van der Waals surface area (Å²) in [6.45, 7) is 9.13. The van der Waals surface area contributed by atoms with E-state index < -0.39 is 8.07 Å². The lowest BCUT2D eigenvalue weighted by Crippen LogP contribution is -2.45. The fraction of sp³-hybridized carbons (Fsp3) is 0.533. The van der Waals surface area contributed by atoms with Gasteiger partial charge in [-0.15, -0.1) is 0 Å². The topological polar surface area (TPSA) is 26.3 Å². The fourth-order valence-corrected chi connectivity index (χ4v) is 6.14. The zero-order valence-electron chi connectivity index (χ0n) is 12.0. The molecule has 0 saturated heterocycles. The van der Waals surface area contributed by atoms with Gasteiger partial charge in [0.2, 0.25) is 0 Å². The zero-order chi connectivity index (χ0) is 13.6. The van der Waals surface area contributed by atoms with Crippen LogP contribution in [0.2, 0.25) is 18.1 Å². The van der Waals surface area contributed by atoms with Crippen LogP contribution < -0.4 is 5.19 Å². The van der Waals surface area contributed by atoms with E-state index in [1.54, 1.807) is 0 Å². The van der Waals surface area contributed by atoms with Crippen LogP contribution in [-0.2, 0) is 4.74 Å². The normalized spacial score (nSPS) is 11.3. The number of esters is 1. The standard InChI is InChI=1S/C15H24O2Si/c1-5-17-15(16)13-9-11-14(12-10-13)18(6-2,7-3)8-4/h9-12H,5-8H2,1-4H3. The van der Waals surface area contributed by atoms with Crippen molar-refractivity contribution in [3.8, 4) is 0 Å². The number of rotatable bonds is 6. The van der Waals surface area contributed by atoms with Crippen LogP contribution in [0.1, 0.15) is 38.1 Å². The molecule has 0 saturated carbocycles. The minimum atomic E-state index is -1.32. The molecule has 0 fully saturated rings. The molecular weight excluding hydrogens is 240 g/mol. The molecule has 0 aromatic heterocycles. The van der Waals surface area contributed by atoms with E-state index in [0.29, 0.717) is 12.2 Å². The number of hydrogen-bond donors (Lipinski definition) is 0. The minimum absolute atomic E-state index is 0.221. The predicted molar refractivity (Wildman–Crippen MR) is 79.2 cm³/mol. The number of ether oxygens (including phenoxy) is 1. The third-order valence-electron chi connectivity index (χ3n) is 4.04. The molecule has 0 unspecified atom stereocenters. The Bertz CT molecular complexity index is 372. The number of benzene rings is 1. The molecule has 0 heterocycles. The summed E-state index contributed by atoms with van der Waals surface area (Å²) in [6.07, 6.45) is 0. The Labute approximate surface area is 111 Å². The lowest BCUT2D eigenvalue weighted by atomic mass is 10.2. The highest BCUT2D eigenvalue weighted by atomic mass is 28.3. The second-order valence-electron chi connectivity index (χ2n) is 4.64. The predicted octanol–water partition coefficient (Wildman–Crippen LogP) is 3.58. The second kappa shape index (κ2) is 6.74. The van der Waals surface area contributed by atoms with Gasteiger partial charge < -0.3 is 4.74 Å². The molecule has 18 heavy (non-hydrogen) atoms. The third-order valence-corrected chi connectivity index (χ3v) is 9.66. The molecule has 0 radical (unpaired) electrons. The van der Waals surface area contributed by atoms with Crippen LogP contribution in [0.25, 0.3) is 0 Å². The molecule has 0 spiro atoms. The molecule has 0 N–H and O–H groups in total. The van der Waals surface area contributed by atoms with E-state index in [9.17, 15) is 4.79 Å². The monoisotopic (exact) mass is 264 g/mol. The summed E-state index contributed by atoms with van der Waals surface area (Å²) in [7, 11) is -1.32. The molecule has 1 rings (SSSR count). The van der Waals surface area contributed by atoms with Gasteiger partial charge in [0, 0.05) is 0 Å². The van der Waals surface area contributed by atoms with E-state index in [0.717, 1.165) is 0 Å². The van der Waals surface area contributed by atoms with E-state index in [1.165, 1.54) is 23.3 Å². The molecule has 0 aliphatic rings. The lowest BCUT2D eigenvalue weighted by Gasteiger charge is -2.28. The summed E-state index contributed by atoms with van der Waals surface area (Å²) in [4.78, 5) is 11.6. The quantitative estimate of drug-likeness (QED) is 0.580. The molecule has 0 atom stereocenters. The van der Waals surface area contributed by atoms with Gasteiger partial charge in [0.05, 0.1) is 20.2 Å². The molecule has 2 nitrogen and oxygen atoms in total. The Morgan fingerprint density at radius 3 is 1.89 bits per heavy atom. The molecule has 1 aromatic rings. The summed E-state index contributed by atoms with van der Waals surface area (Å²) in [5, 5.41) is 1.46. The maximum absolute atomic E-state index is 11.6. The highest BCUT2D eigenvalue weighted by Gasteiger charge is 2.28. The smallest absolute Gasteiger partial charge is 0.338 e. The molecule has 3 heteroatoms. The van der Waals surface area contributed by atoms with Gasteiger partial charge >= 0.3 is 5.97 Å². The van der Waals surface area contributed by atoms with E-state index in [2.05, 4.69) is 32.9 Å². The van der Waals surface area contributed by atoms with Crippen molar-refractivity contribution in [2.24, 2.45) is 0 Å². The first-order valence-electron chi connectivity index (χ1n) is 6.91. The van der Waals surface area contributed by atoms with Gasteiger partial charge in [0.1, 0.15) is 0 Å². The largest absolute Gasteiger partial charge is 0.462 e. The van der Waals surface area contributed by atoms with Gasteiger partial charge in [0.15, 0.2) is 0 Å². The number of hydrogen-bond acceptors (Lipinski definition) is 2. The molecule has 1 aromatic carbocycles. The van der Waals surface area contributed by atoms with E-state index in [4.69, 9.17) is 4.74 Å². The van der Waals surface area contributed by atoms with Crippen molar-refractivity contribution in [3.63, 3.8) is 0 Å². The van der Waals surface area contributed by atoms with Gasteiger partial charge in [-0.2, -0.15) is 0 Å². The highest BCUT2D eigenvalue weighted by molar-refractivity contribution is 6.91. The van der Waals surface area contributed by atoms with Crippen LogP contribution in [-0.4, -0.2) is 20.7 Å². The SMILES string of the molecule is CCOC(=O)c1ccc([Si](CC)(CC)CC)cc1.